The third-order valence-electron chi connectivity index (χ3n) is 3.25. The Hall–Kier alpha value is -2.76. The molecule has 2 aromatic heterocycles. The minimum absolute atomic E-state index is 0.141. The molecule has 3 aromatic rings. The summed E-state index contributed by atoms with van der Waals surface area (Å²) in [5.74, 6) is 2.19. The smallest absolute Gasteiger partial charge is 0.180 e. The fourth-order valence-electron chi connectivity index (χ4n) is 2.09. The van der Waals surface area contributed by atoms with Crippen molar-refractivity contribution in [2.45, 2.75) is 0 Å². The molecule has 2 N–H and O–H groups in total. The topological polar surface area (TPSA) is 74.3 Å². The van der Waals surface area contributed by atoms with Gasteiger partial charge in [0.25, 0.3) is 0 Å². The number of hydrogen-bond donors (Lipinski definition) is 2. The third kappa shape index (κ3) is 2.35. The Bertz CT molecular complexity index is 795. The number of benzene rings is 1. The molecule has 108 valence electrons. The van der Waals surface area contributed by atoms with E-state index in [0.717, 1.165) is 11.3 Å². The van der Waals surface area contributed by atoms with Crippen molar-refractivity contribution in [2.75, 3.05) is 26.1 Å². The first-order valence-electron chi connectivity index (χ1n) is 6.50. The van der Waals surface area contributed by atoms with Crippen molar-refractivity contribution in [3.05, 3.63) is 30.3 Å². The standard InChI is InChI=1S/C15H16N4O2/c1-19(2)13-7-5-11-15(17-13)18-14(16-11)10-8-9(21-3)4-6-12(10)20/h4-8,20H,1-3H3,(H,16,17,18). The van der Waals surface area contributed by atoms with E-state index in [9.17, 15) is 5.11 Å². The summed E-state index contributed by atoms with van der Waals surface area (Å²) in [7, 11) is 5.44. The normalized spacial score (nSPS) is 10.8. The highest BCUT2D eigenvalue weighted by Gasteiger charge is 2.12. The number of aromatic nitrogens is 3. The number of anilines is 1. The summed E-state index contributed by atoms with van der Waals surface area (Å²) in [6.45, 7) is 0. The molecule has 0 amide bonds. The van der Waals surface area contributed by atoms with E-state index in [4.69, 9.17) is 4.74 Å². The largest absolute Gasteiger partial charge is 0.507 e. The van der Waals surface area contributed by atoms with Crippen LogP contribution in [0, 0.1) is 0 Å². The average Bonchev–Trinajstić information content (AvgIpc) is 2.90. The van der Waals surface area contributed by atoms with Crippen LogP contribution in [0.15, 0.2) is 30.3 Å². The zero-order valence-electron chi connectivity index (χ0n) is 12.1. The first-order chi connectivity index (χ1) is 10.1. The summed E-state index contributed by atoms with van der Waals surface area (Å²) in [6, 6.07) is 8.85. The zero-order valence-corrected chi connectivity index (χ0v) is 12.1. The fourth-order valence-corrected chi connectivity index (χ4v) is 2.09. The van der Waals surface area contributed by atoms with Gasteiger partial charge in [0.2, 0.25) is 0 Å². The average molecular weight is 284 g/mol. The number of phenols is 1. The molecule has 6 nitrogen and oxygen atoms in total. The molecule has 0 aliphatic heterocycles. The Morgan fingerprint density at radius 3 is 2.67 bits per heavy atom. The Labute approximate surface area is 122 Å². The van der Waals surface area contributed by atoms with Crippen molar-refractivity contribution in [3.63, 3.8) is 0 Å². The van der Waals surface area contributed by atoms with E-state index >= 15 is 0 Å². The number of phenolic OH excluding ortho intramolecular Hbond substituents is 1. The molecule has 3 rings (SSSR count). The van der Waals surface area contributed by atoms with Crippen LogP contribution in [0.2, 0.25) is 0 Å². The Morgan fingerprint density at radius 2 is 1.95 bits per heavy atom. The molecule has 0 aliphatic rings. The van der Waals surface area contributed by atoms with Gasteiger partial charge in [0.15, 0.2) is 5.65 Å². The van der Waals surface area contributed by atoms with Crippen LogP contribution in [0.25, 0.3) is 22.6 Å². The van der Waals surface area contributed by atoms with Crippen molar-refractivity contribution in [1.82, 2.24) is 15.0 Å². The van der Waals surface area contributed by atoms with Crippen LogP contribution in [0.4, 0.5) is 5.82 Å². The van der Waals surface area contributed by atoms with Gasteiger partial charge in [-0.25, -0.2) is 9.97 Å². The van der Waals surface area contributed by atoms with Crippen molar-refractivity contribution >= 4 is 17.0 Å². The molecule has 0 aliphatic carbocycles. The molecule has 0 spiro atoms. The lowest BCUT2D eigenvalue weighted by Crippen LogP contribution is -2.10. The van der Waals surface area contributed by atoms with Crippen molar-refractivity contribution in [1.29, 1.82) is 0 Å². The van der Waals surface area contributed by atoms with Gasteiger partial charge in [0.05, 0.1) is 18.2 Å². The number of aromatic amines is 1. The lowest BCUT2D eigenvalue weighted by molar-refractivity contribution is 0.412. The summed E-state index contributed by atoms with van der Waals surface area (Å²) < 4.78 is 5.18. The quantitative estimate of drug-likeness (QED) is 0.772. The molecule has 0 saturated heterocycles. The predicted octanol–water partition coefficient (Wildman–Crippen LogP) is 2.41. The van der Waals surface area contributed by atoms with Crippen LogP contribution in [0.3, 0.4) is 0 Å². The molecule has 0 unspecified atom stereocenters. The lowest BCUT2D eigenvalue weighted by Gasteiger charge is -2.09. The van der Waals surface area contributed by atoms with Gasteiger partial charge >= 0.3 is 0 Å². The molecule has 21 heavy (non-hydrogen) atoms. The molecule has 0 radical (unpaired) electrons. The maximum Gasteiger partial charge on any atom is 0.180 e. The summed E-state index contributed by atoms with van der Waals surface area (Å²) >= 11 is 0. The number of ether oxygens (including phenoxy) is 1. The van der Waals surface area contributed by atoms with Crippen LogP contribution in [0.1, 0.15) is 0 Å². The van der Waals surface area contributed by atoms with E-state index in [1.807, 2.05) is 31.1 Å². The number of hydrogen-bond acceptors (Lipinski definition) is 5. The first-order valence-corrected chi connectivity index (χ1v) is 6.50. The second-order valence-electron chi connectivity index (χ2n) is 4.90. The first kappa shape index (κ1) is 13.2. The number of pyridine rings is 1. The lowest BCUT2D eigenvalue weighted by atomic mass is 10.2. The van der Waals surface area contributed by atoms with Gasteiger partial charge in [-0.1, -0.05) is 0 Å². The number of nitrogens with one attached hydrogen (secondary N) is 1. The maximum absolute atomic E-state index is 10.0. The summed E-state index contributed by atoms with van der Waals surface area (Å²) in [5.41, 5.74) is 2.01. The number of nitrogens with zero attached hydrogens (tertiary/aromatic N) is 3. The Balaban J connectivity index is 2.13. The zero-order chi connectivity index (χ0) is 15.0. The molecular weight excluding hydrogens is 268 g/mol. The molecule has 0 fully saturated rings. The van der Waals surface area contributed by atoms with Crippen LogP contribution in [-0.4, -0.2) is 41.3 Å². The van der Waals surface area contributed by atoms with E-state index in [1.54, 1.807) is 25.3 Å². The van der Waals surface area contributed by atoms with Crippen molar-refractivity contribution < 1.29 is 9.84 Å². The van der Waals surface area contributed by atoms with E-state index < -0.39 is 0 Å². The predicted molar refractivity (Wildman–Crippen MR) is 81.9 cm³/mol. The van der Waals surface area contributed by atoms with Gasteiger partial charge in [-0.15, -0.1) is 0 Å². The number of fused-ring (bicyclic) bond motifs is 1. The van der Waals surface area contributed by atoms with Gasteiger partial charge in [0, 0.05) is 14.1 Å². The molecule has 2 heterocycles. The number of H-pyrrole nitrogens is 1. The maximum atomic E-state index is 10.0. The minimum Gasteiger partial charge on any atom is -0.507 e. The Kier molecular flexibility index (Phi) is 3.13. The van der Waals surface area contributed by atoms with E-state index in [2.05, 4.69) is 15.0 Å². The highest BCUT2D eigenvalue weighted by atomic mass is 16.5. The van der Waals surface area contributed by atoms with Gasteiger partial charge in [0.1, 0.15) is 23.1 Å². The van der Waals surface area contributed by atoms with Crippen LogP contribution >= 0.6 is 0 Å². The molecular formula is C15H16N4O2. The fraction of sp³-hybridized carbons (Fsp3) is 0.200. The SMILES string of the molecule is COc1ccc(O)c(-c2nc3nc(N(C)C)ccc3[nH]2)c1. The minimum atomic E-state index is 0.141. The molecule has 0 atom stereocenters. The highest BCUT2D eigenvalue weighted by Crippen LogP contribution is 2.31. The van der Waals surface area contributed by atoms with Crippen molar-refractivity contribution in [2.24, 2.45) is 0 Å². The van der Waals surface area contributed by atoms with Gasteiger partial charge in [-0.3, -0.25) is 0 Å². The third-order valence-corrected chi connectivity index (χ3v) is 3.25. The second kappa shape index (κ2) is 4.97. The Morgan fingerprint density at radius 1 is 1.14 bits per heavy atom. The van der Waals surface area contributed by atoms with E-state index in [1.165, 1.54) is 0 Å². The summed E-state index contributed by atoms with van der Waals surface area (Å²) in [4.78, 5) is 14.0. The van der Waals surface area contributed by atoms with E-state index in [0.29, 0.717) is 22.8 Å². The molecule has 6 heteroatoms. The van der Waals surface area contributed by atoms with Gasteiger partial charge < -0.3 is 19.7 Å². The van der Waals surface area contributed by atoms with Gasteiger partial charge in [-0.2, -0.15) is 0 Å². The van der Waals surface area contributed by atoms with Crippen LogP contribution in [0.5, 0.6) is 11.5 Å². The van der Waals surface area contributed by atoms with Crippen LogP contribution < -0.4 is 9.64 Å². The van der Waals surface area contributed by atoms with Gasteiger partial charge in [-0.05, 0) is 30.3 Å². The summed E-state index contributed by atoms with van der Waals surface area (Å²) in [5, 5.41) is 10.0. The number of rotatable bonds is 3. The van der Waals surface area contributed by atoms with Crippen molar-refractivity contribution in [3.8, 4) is 22.9 Å². The number of aromatic hydroxyl groups is 1. The monoisotopic (exact) mass is 284 g/mol. The number of methoxy groups -OCH3 is 1. The van der Waals surface area contributed by atoms with E-state index in [-0.39, 0.29) is 5.75 Å². The van der Waals surface area contributed by atoms with Crippen LogP contribution in [-0.2, 0) is 0 Å². The summed E-state index contributed by atoms with van der Waals surface area (Å²) in [6.07, 6.45) is 0. The molecule has 0 saturated carbocycles. The molecule has 1 aromatic carbocycles. The molecule has 0 bridgehead atoms. The highest BCUT2D eigenvalue weighted by molar-refractivity contribution is 5.79. The number of imidazole rings is 1. The second-order valence-corrected chi connectivity index (χ2v) is 4.90.